The highest BCUT2D eigenvalue weighted by molar-refractivity contribution is 5.84. The van der Waals surface area contributed by atoms with Gasteiger partial charge in [0.1, 0.15) is 11.9 Å². The van der Waals surface area contributed by atoms with E-state index in [4.69, 9.17) is 0 Å². The standard InChI is InChI=1S/C16H15FO2/c17-14-8-4-7-13(11-14)16(19)15(18)10-9-12-5-2-1-3-6-12/h1-8,11,16,19H,9-10H2. The van der Waals surface area contributed by atoms with E-state index in [2.05, 4.69) is 0 Å². The number of benzene rings is 2. The smallest absolute Gasteiger partial charge is 0.166 e. The van der Waals surface area contributed by atoms with Crippen molar-refractivity contribution >= 4 is 5.78 Å². The minimum absolute atomic E-state index is 0.238. The molecule has 3 heteroatoms. The first-order valence-corrected chi connectivity index (χ1v) is 6.17. The SMILES string of the molecule is O=C(CCc1ccccc1)C(O)c1cccc(F)c1. The second-order valence-electron chi connectivity index (χ2n) is 4.41. The Morgan fingerprint density at radius 1 is 1.11 bits per heavy atom. The van der Waals surface area contributed by atoms with Crippen LogP contribution in [0.2, 0.25) is 0 Å². The fourth-order valence-electron chi connectivity index (χ4n) is 1.91. The Labute approximate surface area is 111 Å². The largest absolute Gasteiger partial charge is 0.381 e. The van der Waals surface area contributed by atoms with Crippen LogP contribution in [-0.2, 0) is 11.2 Å². The number of rotatable bonds is 5. The van der Waals surface area contributed by atoms with E-state index in [1.54, 1.807) is 6.07 Å². The summed E-state index contributed by atoms with van der Waals surface area (Å²) in [6.45, 7) is 0. The number of aliphatic hydroxyl groups is 1. The summed E-state index contributed by atoms with van der Waals surface area (Å²) >= 11 is 0. The summed E-state index contributed by atoms with van der Waals surface area (Å²) in [4.78, 5) is 11.9. The number of hydrogen-bond donors (Lipinski definition) is 1. The second-order valence-corrected chi connectivity index (χ2v) is 4.41. The van der Waals surface area contributed by atoms with Crippen molar-refractivity contribution in [3.05, 3.63) is 71.5 Å². The molecule has 2 rings (SSSR count). The quantitative estimate of drug-likeness (QED) is 0.895. The van der Waals surface area contributed by atoms with Gasteiger partial charge in [-0.25, -0.2) is 4.39 Å². The molecule has 0 aliphatic rings. The Kier molecular flexibility index (Phi) is 4.42. The first-order valence-electron chi connectivity index (χ1n) is 6.17. The lowest BCUT2D eigenvalue weighted by Crippen LogP contribution is -2.12. The van der Waals surface area contributed by atoms with Gasteiger partial charge in [0.2, 0.25) is 0 Å². The third-order valence-electron chi connectivity index (χ3n) is 2.97. The number of ketones is 1. The number of hydrogen-bond acceptors (Lipinski definition) is 2. The molecule has 0 spiro atoms. The third-order valence-corrected chi connectivity index (χ3v) is 2.97. The molecule has 98 valence electrons. The Morgan fingerprint density at radius 3 is 2.53 bits per heavy atom. The third kappa shape index (κ3) is 3.73. The van der Waals surface area contributed by atoms with E-state index in [1.165, 1.54) is 18.2 Å². The molecule has 19 heavy (non-hydrogen) atoms. The van der Waals surface area contributed by atoms with E-state index in [-0.39, 0.29) is 12.2 Å². The molecule has 0 aliphatic heterocycles. The molecule has 0 fully saturated rings. The van der Waals surface area contributed by atoms with Gasteiger partial charge in [0, 0.05) is 6.42 Å². The average Bonchev–Trinajstić information content (AvgIpc) is 2.45. The van der Waals surface area contributed by atoms with E-state index >= 15 is 0 Å². The van der Waals surface area contributed by atoms with Crippen LogP contribution in [0.1, 0.15) is 23.7 Å². The lowest BCUT2D eigenvalue weighted by atomic mass is 10.00. The van der Waals surface area contributed by atoms with Gasteiger partial charge < -0.3 is 5.11 Å². The molecule has 0 saturated heterocycles. The van der Waals surface area contributed by atoms with Crippen LogP contribution in [0.15, 0.2) is 54.6 Å². The maximum absolute atomic E-state index is 13.0. The molecule has 0 amide bonds. The molecular formula is C16H15FO2. The van der Waals surface area contributed by atoms with E-state index in [9.17, 15) is 14.3 Å². The molecule has 1 atom stereocenters. The highest BCUT2D eigenvalue weighted by atomic mass is 19.1. The van der Waals surface area contributed by atoms with Gasteiger partial charge in [0.15, 0.2) is 5.78 Å². The van der Waals surface area contributed by atoms with E-state index in [0.717, 1.165) is 5.56 Å². The van der Waals surface area contributed by atoms with Crippen molar-refractivity contribution in [3.63, 3.8) is 0 Å². The zero-order valence-corrected chi connectivity index (χ0v) is 10.4. The maximum Gasteiger partial charge on any atom is 0.166 e. The average molecular weight is 258 g/mol. The Morgan fingerprint density at radius 2 is 1.84 bits per heavy atom. The first-order chi connectivity index (χ1) is 9.16. The van der Waals surface area contributed by atoms with Crippen LogP contribution in [-0.4, -0.2) is 10.9 Å². The van der Waals surface area contributed by atoms with E-state index < -0.39 is 11.9 Å². The Hall–Kier alpha value is -2.00. The Balaban J connectivity index is 1.96. The van der Waals surface area contributed by atoms with Crippen LogP contribution in [0.3, 0.4) is 0 Å². The molecule has 0 aliphatic carbocycles. The zero-order valence-electron chi connectivity index (χ0n) is 10.4. The molecule has 2 nitrogen and oxygen atoms in total. The van der Waals surface area contributed by atoms with Gasteiger partial charge in [-0.2, -0.15) is 0 Å². The molecule has 0 bridgehead atoms. The number of carbonyl (C=O) groups excluding carboxylic acids is 1. The number of Topliss-reactive ketones (excluding diaryl/α,β-unsaturated/α-hetero) is 1. The van der Waals surface area contributed by atoms with E-state index in [0.29, 0.717) is 12.0 Å². The summed E-state index contributed by atoms with van der Waals surface area (Å²) in [5.74, 6) is -0.748. The minimum atomic E-state index is -1.25. The zero-order chi connectivity index (χ0) is 13.7. The van der Waals surface area contributed by atoms with Crippen LogP contribution >= 0.6 is 0 Å². The van der Waals surface area contributed by atoms with Gasteiger partial charge in [-0.05, 0) is 29.7 Å². The van der Waals surface area contributed by atoms with Gasteiger partial charge >= 0.3 is 0 Å². The molecule has 2 aromatic carbocycles. The number of aryl methyl sites for hydroxylation is 1. The van der Waals surface area contributed by atoms with Crippen LogP contribution in [0.5, 0.6) is 0 Å². The lowest BCUT2D eigenvalue weighted by molar-refractivity contribution is -0.127. The Bertz CT molecular complexity index is 552. The predicted molar refractivity (Wildman–Crippen MR) is 71.1 cm³/mol. The molecule has 2 aromatic rings. The van der Waals surface area contributed by atoms with E-state index in [1.807, 2.05) is 30.3 Å². The number of aliphatic hydroxyl groups excluding tert-OH is 1. The molecule has 1 unspecified atom stereocenters. The number of carbonyl (C=O) groups is 1. The summed E-state index contributed by atoms with van der Waals surface area (Å²) in [5, 5.41) is 9.88. The van der Waals surface area contributed by atoms with Crippen molar-refractivity contribution in [1.29, 1.82) is 0 Å². The van der Waals surface area contributed by atoms with Gasteiger partial charge in [0.25, 0.3) is 0 Å². The van der Waals surface area contributed by atoms with Crippen molar-refractivity contribution in [1.82, 2.24) is 0 Å². The van der Waals surface area contributed by atoms with Crippen molar-refractivity contribution in [2.24, 2.45) is 0 Å². The molecule has 0 saturated carbocycles. The summed E-state index contributed by atoms with van der Waals surface area (Å²) < 4.78 is 13.0. The normalized spacial score (nSPS) is 12.1. The minimum Gasteiger partial charge on any atom is -0.381 e. The molecule has 1 N–H and O–H groups in total. The van der Waals surface area contributed by atoms with Gasteiger partial charge in [0.05, 0.1) is 0 Å². The highest BCUT2D eigenvalue weighted by Crippen LogP contribution is 2.17. The maximum atomic E-state index is 13.0. The molecule has 0 heterocycles. The molecular weight excluding hydrogens is 243 g/mol. The van der Waals surface area contributed by atoms with Crippen LogP contribution in [0.4, 0.5) is 4.39 Å². The first kappa shape index (κ1) is 13.4. The summed E-state index contributed by atoms with van der Waals surface area (Å²) in [6.07, 6.45) is -0.437. The topological polar surface area (TPSA) is 37.3 Å². The van der Waals surface area contributed by atoms with Crippen LogP contribution < -0.4 is 0 Å². The molecule has 0 radical (unpaired) electrons. The van der Waals surface area contributed by atoms with Crippen molar-refractivity contribution in [2.45, 2.75) is 18.9 Å². The predicted octanol–water partition coefficient (Wildman–Crippen LogP) is 3.06. The van der Waals surface area contributed by atoms with Crippen LogP contribution in [0, 0.1) is 5.82 Å². The number of halogens is 1. The fraction of sp³-hybridized carbons (Fsp3) is 0.188. The molecule has 0 aromatic heterocycles. The highest BCUT2D eigenvalue weighted by Gasteiger charge is 2.17. The van der Waals surface area contributed by atoms with Crippen molar-refractivity contribution < 1.29 is 14.3 Å². The van der Waals surface area contributed by atoms with Crippen molar-refractivity contribution in [3.8, 4) is 0 Å². The fourth-order valence-corrected chi connectivity index (χ4v) is 1.91. The van der Waals surface area contributed by atoms with Crippen molar-refractivity contribution in [2.75, 3.05) is 0 Å². The van der Waals surface area contributed by atoms with Crippen LogP contribution in [0.25, 0.3) is 0 Å². The van der Waals surface area contributed by atoms with Gasteiger partial charge in [-0.1, -0.05) is 42.5 Å². The summed E-state index contributed by atoms with van der Waals surface area (Å²) in [5.41, 5.74) is 1.35. The summed E-state index contributed by atoms with van der Waals surface area (Å²) in [6, 6.07) is 15.1. The second kappa shape index (κ2) is 6.25. The summed E-state index contributed by atoms with van der Waals surface area (Å²) in [7, 11) is 0. The monoisotopic (exact) mass is 258 g/mol. The van der Waals surface area contributed by atoms with Gasteiger partial charge in [-0.3, -0.25) is 4.79 Å². The van der Waals surface area contributed by atoms with Gasteiger partial charge in [-0.15, -0.1) is 0 Å². The lowest BCUT2D eigenvalue weighted by Gasteiger charge is -2.10.